The molecule has 22 heavy (non-hydrogen) atoms. The van der Waals surface area contributed by atoms with E-state index in [-0.39, 0.29) is 23.6 Å². The molecule has 1 aromatic carbocycles. The van der Waals surface area contributed by atoms with E-state index < -0.39 is 0 Å². The Kier molecular flexibility index (Phi) is 6.09. The number of hydrogen-bond donors (Lipinski definition) is 1. The molecule has 0 bridgehead atoms. The average Bonchev–Trinajstić information content (AvgIpc) is 2.55. The van der Waals surface area contributed by atoms with Crippen molar-refractivity contribution in [1.29, 1.82) is 0 Å². The zero-order valence-electron chi connectivity index (χ0n) is 13.4. The van der Waals surface area contributed by atoms with Crippen molar-refractivity contribution < 1.29 is 14.3 Å². The summed E-state index contributed by atoms with van der Waals surface area (Å²) in [4.78, 5) is 14.4. The normalized spacial score (nSPS) is 22.7. The van der Waals surface area contributed by atoms with Crippen LogP contribution in [0.15, 0.2) is 24.3 Å². The zero-order chi connectivity index (χ0) is 16.0. The van der Waals surface area contributed by atoms with Gasteiger partial charge in [0.2, 0.25) is 0 Å². The molecule has 1 aliphatic heterocycles. The van der Waals surface area contributed by atoms with E-state index in [1.54, 1.807) is 12.1 Å². The molecular formula is C18H26FNO2. The summed E-state index contributed by atoms with van der Waals surface area (Å²) in [6, 6.07) is 5.75. The highest BCUT2D eigenvalue weighted by atomic mass is 19.1. The van der Waals surface area contributed by atoms with E-state index in [2.05, 4.69) is 11.8 Å². The quantitative estimate of drug-likeness (QED) is 0.786. The van der Waals surface area contributed by atoms with Gasteiger partial charge in [0.25, 0.3) is 0 Å². The van der Waals surface area contributed by atoms with Gasteiger partial charge in [0.05, 0.1) is 0 Å². The highest BCUT2D eigenvalue weighted by Crippen LogP contribution is 2.32. The molecule has 1 heterocycles. The van der Waals surface area contributed by atoms with E-state index in [0.29, 0.717) is 12.0 Å². The maximum Gasteiger partial charge on any atom is 0.162 e. The lowest BCUT2D eigenvalue weighted by molar-refractivity contribution is 0.0286. The van der Waals surface area contributed by atoms with Gasteiger partial charge >= 0.3 is 0 Å². The Bertz CT molecular complexity index is 482. The van der Waals surface area contributed by atoms with Crippen molar-refractivity contribution in [3.05, 3.63) is 35.6 Å². The number of hydrogen-bond acceptors (Lipinski definition) is 3. The van der Waals surface area contributed by atoms with Crippen LogP contribution >= 0.6 is 0 Å². The van der Waals surface area contributed by atoms with Crippen molar-refractivity contribution >= 4 is 5.78 Å². The fourth-order valence-electron chi connectivity index (χ4n) is 3.27. The van der Waals surface area contributed by atoms with Crippen molar-refractivity contribution in [3.63, 3.8) is 0 Å². The fourth-order valence-corrected chi connectivity index (χ4v) is 3.27. The monoisotopic (exact) mass is 307 g/mol. The first-order valence-corrected chi connectivity index (χ1v) is 8.20. The highest BCUT2D eigenvalue weighted by molar-refractivity contribution is 5.95. The molecular weight excluding hydrogens is 281 g/mol. The zero-order valence-corrected chi connectivity index (χ0v) is 13.4. The summed E-state index contributed by atoms with van der Waals surface area (Å²) in [5.41, 5.74) is 0.623. The summed E-state index contributed by atoms with van der Waals surface area (Å²) in [6.45, 7) is 5.23. The van der Waals surface area contributed by atoms with E-state index in [0.717, 1.165) is 45.3 Å². The third-order valence-corrected chi connectivity index (χ3v) is 4.87. The van der Waals surface area contributed by atoms with E-state index in [1.807, 2.05) is 0 Å². The number of carbonyl (C=O) groups excluding carboxylic acids is 1. The van der Waals surface area contributed by atoms with Crippen LogP contribution in [0.4, 0.5) is 4.39 Å². The van der Waals surface area contributed by atoms with Crippen LogP contribution in [-0.2, 0) is 0 Å². The third-order valence-electron chi connectivity index (χ3n) is 4.87. The van der Waals surface area contributed by atoms with E-state index in [1.165, 1.54) is 12.1 Å². The first-order chi connectivity index (χ1) is 10.6. The maximum absolute atomic E-state index is 12.8. The van der Waals surface area contributed by atoms with Crippen LogP contribution in [0.2, 0.25) is 0 Å². The summed E-state index contributed by atoms with van der Waals surface area (Å²) in [5, 5.41) is 9.63. The second-order valence-corrected chi connectivity index (χ2v) is 6.42. The Balaban J connectivity index is 1.78. The number of carbonyl (C=O) groups is 1. The number of Topliss-reactive ketones (excluding diaryl/α,β-unsaturated/α-hetero) is 1. The van der Waals surface area contributed by atoms with E-state index in [4.69, 9.17) is 0 Å². The number of aliphatic hydroxyl groups is 1. The SMILES string of the molecule is CCC1(CO)CCCN(CCCC(=O)c2ccc(F)cc2)C1. The summed E-state index contributed by atoms with van der Waals surface area (Å²) in [6.07, 6.45) is 4.49. The molecule has 1 atom stereocenters. The van der Waals surface area contributed by atoms with Gasteiger partial charge in [0.1, 0.15) is 5.82 Å². The van der Waals surface area contributed by atoms with E-state index >= 15 is 0 Å². The predicted octanol–water partition coefficient (Wildman–Crippen LogP) is 3.27. The minimum absolute atomic E-state index is 0.0409. The molecule has 0 aliphatic carbocycles. The van der Waals surface area contributed by atoms with Crippen LogP contribution in [0.25, 0.3) is 0 Å². The molecule has 3 nitrogen and oxygen atoms in total. The van der Waals surface area contributed by atoms with Crippen molar-refractivity contribution in [2.24, 2.45) is 5.41 Å². The fraction of sp³-hybridized carbons (Fsp3) is 0.611. The summed E-state index contributed by atoms with van der Waals surface area (Å²) >= 11 is 0. The molecule has 1 aliphatic rings. The Labute approximate surface area is 132 Å². The lowest BCUT2D eigenvalue weighted by Crippen LogP contribution is -2.45. The minimum Gasteiger partial charge on any atom is -0.396 e. The molecule has 0 aromatic heterocycles. The molecule has 1 saturated heterocycles. The van der Waals surface area contributed by atoms with Gasteiger partial charge in [0, 0.05) is 30.6 Å². The number of ketones is 1. The summed E-state index contributed by atoms with van der Waals surface area (Å²) in [5.74, 6) is -0.245. The molecule has 1 aromatic rings. The van der Waals surface area contributed by atoms with Gasteiger partial charge < -0.3 is 10.0 Å². The van der Waals surface area contributed by atoms with Gasteiger partial charge in [-0.05, 0) is 63.0 Å². The van der Waals surface area contributed by atoms with Gasteiger partial charge in [0.15, 0.2) is 5.78 Å². The number of halogens is 1. The second kappa shape index (κ2) is 7.84. The Morgan fingerprint density at radius 3 is 2.73 bits per heavy atom. The highest BCUT2D eigenvalue weighted by Gasteiger charge is 2.32. The van der Waals surface area contributed by atoms with E-state index in [9.17, 15) is 14.3 Å². The molecule has 0 amide bonds. The van der Waals surface area contributed by atoms with Gasteiger partial charge in [-0.25, -0.2) is 4.39 Å². The smallest absolute Gasteiger partial charge is 0.162 e. The number of benzene rings is 1. The van der Waals surface area contributed by atoms with Gasteiger partial charge in [-0.15, -0.1) is 0 Å². The molecule has 2 rings (SSSR count). The van der Waals surface area contributed by atoms with Crippen LogP contribution in [0.1, 0.15) is 49.4 Å². The Morgan fingerprint density at radius 2 is 2.09 bits per heavy atom. The topological polar surface area (TPSA) is 40.5 Å². The first-order valence-electron chi connectivity index (χ1n) is 8.20. The molecule has 1 unspecified atom stereocenters. The second-order valence-electron chi connectivity index (χ2n) is 6.42. The number of likely N-dealkylation sites (tertiary alicyclic amines) is 1. The van der Waals surface area contributed by atoms with Crippen molar-refractivity contribution in [1.82, 2.24) is 4.90 Å². The van der Waals surface area contributed by atoms with Crippen LogP contribution in [0, 0.1) is 11.2 Å². The number of nitrogens with zero attached hydrogens (tertiary/aromatic N) is 1. The van der Waals surface area contributed by atoms with Crippen LogP contribution < -0.4 is 0 Å². The molecule has 0 spiro atoms. The Hall–Kier alpha value is -1.26. The average molecular weight is 307 g/mol. The number of rotatable bonds is 7. The number of aliphatic hydroxyl groups excluding tert-OH is 1. The molecule has 1 fully saturated rings. The van der Waals surface area contributed by atoms with Gasteiger partial charge in [-0.2, -0.15) is 0 Å². The lowest BCUT2D eigenvalue weighted by Gasteiger charge is -2.41. The van der Waals surface area contributed by atoms with Crippen molar-refractivity contribution in [2.45, 2.75) is 39.0 Å². The molecule has 4 heteroatoms. The van der Waals surface area contributed by atoms with Crippen molar-refractivity contribution in [2.75, 3.05) is 26.2 Å². The Morgan fingerprint density at radius 1 is 1.36 bits per heavy atom. The molecule has 0 saturated carbocycles. The standard InChI is InChI=1S/C18H26FNO2/c1-2-18(14-21)10-4-12-20(13-18)11-3-5-17(22)15-6-8-16(19)9-7-15/h6-9,21H,2-5,10-14H2,1H3. The maximum atomic E-state index is 12.8. The molecule has 0 radical (unpaired) electrons. The largest absolute Gasteiger partial charge is 0.396 e. The van der Waals surface area contributed by atoms with Crippen LogP contribution in [-0.4, -0.2) is 42.0 Å². The minimum atomic E-state index is -0.315. The van der Waals surface area contributed by atoms with Crippen LogP contribution in [0.5, 0.6) is 0 Å². The summed E-state index contributed by atoms with van der Waals surface area (Å²) < 4.78 is 12.8. The van der Waals surface area contributed by atoms with Gasteiger partial charge in [-0.1, -0.05) is 6.92 Å². The first kappa shape index (κ1) is 17.1. The third kappa shape index (κ3) is 4.37. The van der Waals surface area contributed by atoms with Crippen molar-refractivity contribution in [3.8, 4) is 0 Å². The number of piperidine rings is 1. The summed E-state index contributed by atoms with van der Waals surface area (Å²) in [7, 11) is 0. The van der Waals surface area contributed by atoms with Gasteiger partial charge in [-0.3, -0.25) is 4.79 Å². The predicted molar refractivity (Wildman–Crippen MR) is 85.4 cm³/mol. The molecule has 122 valence electrons. The lowest BCUT2D eigenvalue weighted by atomic mass is 9.78. The van der Waals surface area contributed by atoms with Crippen LogP contribution in [0.3, 0.4) is 0 Å². The molecule has 1 N–H and O–H groups in total.